The van der Waals surface area contributed by atoms with E-state index in [1.165, 1.54) is 12.8 Å². The number of hydrogen-bond acceptors (Lipinski definition) is 5. The Morgan fingerprint density at radius 3 is 2.67 bits per heavy atom. The molecule has 1 aromatic heterocycles. The smallest absolute Gasteiger partial charge is 0.143 e. The van der Waals surface area contributed by atoms with Crippen molar-refractivity contribution >= 4 is 28.9 Å². The summed E-state index contributed by atoms with van der Waals surface area (Å²) < 4.78 is 5.35. The van der Waals surface area contributed by atoms with Crippen molar-refractivity contribution in [3.8, 4) is 5.75 Å². The standard InChI is InChI=1S/C15H17ClN4O/c1-9-5-12(13(21-2)6-11(9)16)20-15-7-14(17-8-18-15)19-10-3-4-10/h5-8,10H,3-4H2,1-2H3,(H2,17,18,19,20). The lowest BCUT2D eigenvalue weighted by Crippen LogP contribution is -2.04. The van der Waals surface area contributed by atoms with Crippen LogP contribution in [-0.2, 0) is 0 Å². The zero-order valence-corrected chi connectivity index (χ0v) is 12.7. The minimum Gasteiger partial charge on any atom is -0.495 e. The van der Waals surface area contributed by atoms with Gasteiger partial charge in [0.05, 0.1) is 12.8 Å². The predicted molar refractivity (Wildman–Crippen MR) is 84.7 cm³/mol. The molecule has 0 bridgehead atoms. The molecule has 110 valence electrons. The fourth-order valence-corrected chi connectivity index (χ4v) is 2.16. The molecular weight excluding hydrogens is 288 g/mol. The fourth-order valence-electron chi connectivity index (χ4n) is 2.01. The van der Waals surface area contributed by atoms with Crippen molar-refractivity contribution in [3.63, 3.8) is 0 Å². The van der Waals surface area contributed by atoms with Crippen LogP contribution in [0, 0.1) is 6.92 Å². The van der Waals surface area contributed by atoms with Crippen LogP contribution < -0.4 is 15.4 Å². The molecule has 0 unspecified atom stereocenters. The highest BCUT2D eigenvalue weighted by Crippen LogP contribution is 2.33. The number of anilines is 3. The number of ether oxygens (including phenoxy) is 1. The van der Waals surface area contributed by atoms with Crippen LogP contribution in [0.4, 0.5) is 17.3 Å². The van der Waals surface area contributed by atoms with Gasteiger partial charge in [0.15, 0.2) is 0 Å². The van der Waals surface area contributed by atoms with Gasteiger partial charge in [0.1, 0.15) is 23.7 Å². The van der Waals surface area contributed by atoms with Gasteiger partial charge < -0.3 is 15.4 Å². The number of aryl methyl sites for hydroxylation is 1. The number of hydrogen-bond donors (Lipinski definition) is 2. The lowest BCUT2D eigenvalue weighted by Gasteiger charge is -2.13. The Balaban J connectivity index is 1.83. The molecule has 3 rings (SSSR count). The summed E-state index contributed by atoms with van der Waals surface area (Å²) in [5.41, 5.74) is 1.81. The molecule has 5 nitrogen and oxygen atoms in total. The van der Waals surface area contributed by atoms with Crippen LogP contribution >= 0.6 is 11.6 Å². The largest absolute Gasteiger partial charge is 0.495 e. The van der Waals surface area contributed by atoms with Crippen molar-refractivity contribution < 1.29 is 4.74 Å². The van der Waals surface area contributed by atoms with E-state index in [1.54, 1.807) is 19.5 Å². The Bertz CT molecular complexity index is 658. The predicted octanol–water partition coefficient (Wildman–Crippen LogP) is 3.76. The number of nitrogens with zero attached hydrogens (tertiary/aromatic N) is 2. The molecule has 0 amide bonds. The van der Waals surface area contributed by atoms with E-state index in [0.29, 0.717) is 22.6 Å². The molecule has 0 aliphatic heterocycles. The molecule has 6 heteroatoms. The second-order valence-electron chi connectivity index (χ2n) is 5.13. The Labute approximate surface area is 128 Å². The molecule has 0 saturated heterocycles. The second-order valence-corrected chi connectivity index (χ2v) is 5.54. The van der Waals surface area contributed by atoms with Crippen molar-refractivity contribution in [2.24, 2.45) is 0 Å². The summed E-state index contributed by atoms with van der Waals surface area (Å²) in [7, 11) is 1.62. The molecule has 1 aliphatic rings. The lowest BCUT2D eigenvalue weighted by atomic mass is 10.2. The van der Waals surface area contributed by atoms with Gasteiger partial charge in [0, 0.05) is 23.2 Å². The maximum absolute atomic E-state index is 6.11. The monoisotopic (exact) mass is 304 g/mol. The topological polar surface area (TPSA) is 59.1 Å². The molecule has 1 aromatic carbocycles. The van der Waals surface area contributed by atoms with Crippen LogP contribution in [-0.4, -0.2) is 23.1 Å². The number of aromatic nitrogens is 2. The minimum absolute atomic E-state index is 0.556. The van der Waals surface area contributed by atoms with Crippen LogP contribution in [0.2, 0.25) is 5.02 Å². The number of nitrogens with one attached hydrogen (secondary N) is 2. The highest BCUT2D eigenvalue weighted by molar-refractivity contribution is 6.31. The SMILES string of the molecule is COc1cc(Cl)c(C)cc1Nc1cc(NC2CC2)ncn1. The van der Waals surface area contributed by atoms with E-state index in [-0.39, 0.29) is 0 Å². The van der Waals surface area contributed by atoms with Crippen LogP contribution in [0.3, 0.4) is 0 Å². The summed E-state index contributed by atoms with van der Waals surface area (Å²) in [5.74, 6) is 2.23. The Morgan fingerprint density at radius 2 is 1.95 bits per heavy atom. The Morgan fingerprint density at radius 1 is 1.19 bits per heavy atom. The molecule has 1 heterocycles. The minimum atomic E-state index is 0.556. The number of benzene rings is 1. The number of halogens is 1. The van der Waals surface area contributed by atoms with E-state index in [9.17, 15) is 0 Å². The molecular formula is C15H17ClN4O. The van der Waals surface area contributed by atoms with Gasteiger partial charge in [-0.15, -0.1) is 0 Å². The van der Waals surface area contributed by atoms with Gasteiger partial charge in [-0.05, 0) is 31.4 Å². The van der Waals surface area contributed by atoms with Gasteiger partial charge in [-0.3, -0.25) is 0 Å². The van der Waals surface area contributed by atoms with E-state index >= 15 is 0 Å². The van der Waals surface area contributed by atoms with Crippen LogP contribution in [0.25, 0.3) is 0 Å². The molecule has 2 N–H and O–H groups in total. The van der Waals surface area contributed by atoms with E-state index < -0.39 is 0 Å². The third kappa shape index (κ3) is 3.36. The van der Waals surface area contributed by atoms with Gasteiger partial charge in [-0.1, -0.05) is 11.6 Å². The summed E-state index contributed by atoms with van der Waals surface area (Å²) in [5, 5.41) is 7.28. The van der Waals surface area contributed by atoms with Crippen molar-refractivity contribution in [2.75, 3.05) is 17.7 Å². The summed E-state index contributed by atoms with van der Waals surface area (Å²) in [6, 6.07) is 6.18. The molecule has 1 aliphatic carbocycles. The summed E-state index contributed by atoms with van der Waals surface area (Å²) in [6.07, 6.45) is 3.95. The van der Waals surface area contributed by atoms with Crippen LogP contribution in [0.1, 0.15) is 18.4 Å². The molecule has 0 radical (unpaired) electrons. The molecule has 0 atom stereocenters. The first kappa shape index (κ1) is 13.9. The first-order valence-corrected chi connectivity index (χ1v) is 7.23. The number of methoxy groups -OCH3 is 1. The first-order valence-electron chi connectivity index (χ1n) is 6.85. The van der Waals surface area contributed by atoms with Gasteiger partial charge >= 0.3 is 0 Å². The highest BCUT2D eigenvalue weighted by atomic mass is 35.5. The number of rotatable bonds is 5. The van der Waals surface area contributed by atoms with Gasteiger partial charge in [-0.2, -0.15) is 0 Å². The van der Waals surface area contributed by atoms with Gasteiger partial charge in [0.25, 0.3) is 0 Å². The Kier molecular flexibility index (Phi) is 3.84. The van der Waals surface area contributed by atoms with E-state index in [0.717, 1.165) is 17.1 Å². The van der Waals surface area contributed by atoms with Crippen molar-refractivity contribution in [2.45, 2.75) is 25.8 Å². The second kappa shape index (κ2) is 5.77. The van der Waals surface area contributed by atoms with Gasteiger partial charge in [0.2, 0.25) is 0 Å². The molecule has 21 heavy (non-hydrogen) atoms. The molecule has 1 saturated carbocycles. The Hall–Kier alpha value is -2.01. The third-order valence-electron chi connectivity index (χ3n) is 3.34. The van der Waals surface area contributed by atoms with Crippen molar-refractivity contribution in [1.82, 2.24) is 9.97 Å². The van der Waals surface area contributed by atoms with Crippen LogP contribution in [0.5, 0.6) is 5.75 Å². The zero-order chi connectivity index (χ0) is 14.8. The molecule has 0 spiro atoms. The third-order valence-corrected chi connectivity index (χ3v) is 3.75. The van der Waals surface area contributed by atoms with Crippen molar-refractivity contribution in [1.29, 1.82) is 0 Å². The van der Waals surface area contributed by atoms with E-state index in [4.69, 9.17) is 16.3 Å². The quantitative estimate of drug-likeness (QED) is 0.880. The van der Waals surface area contributed by atoms with Gasteiger partial charge in [-0.25, -0.2) is 9.97 Å². The highest BCUT2D eigenvalue weighted by Gasteiger charge is 2.21. The van der Waals surface area contributed by atoms with Crippen molar-refractivity contribution in [3.05, 3.63) is 35.1 Å². The molecule has 2 aromatic rings. The normalized spacial score (nSPS) is 13.9. The fraction of sp³-hybridized carbons (Fsp3) is 0.333. The summed E-state index contributed by atoms with van der Waals surface area (Å²) in [4.78, 5) is 8.46. The lowest BCUT2D eigenvalue weighted by molar-refractivity contribution is 0.416. The summed E-state index contributed by atoms with van der Waals surface area (Å²) in [6.45, 7) is 1.95. The van der Waals surface area contributed by atoms with Crippen LogP contribution in [0.15, 0.2) is 24.5 Å². The van der Waals surface area contributed by atoms with E-state index in [2.05, 4.69) is 20.6 Å². The average Bonchev–Trinajstić information content (AvgIpc) is 3.27. The first-order chi connectivity index (χ1) is 10.2. The average molecular weight is 305 g/mol. The molecule has 1 fully saturated rings. The summed E-state index contributed by atoms with van der Waals surface area (Å²) >= 11 is 6.11. The maximum atomic E-state index is 6.11. The maximum Gasteiger partial charge on any atom is 0.143 e. The zero-order valence-electron chi connectivity index (χ0n) is 12.0. The van der Waals surface area contributed by atoms with E-state index in [1.807, 2.05) is 19.1 Å².